The van der Waals surface area contributed by atoms with Gasteiger partial charge in [0.15, 0.2) is 0 Å². The number of para-hydroxylation sites is 1. The van der Waals surface area contributed by atoms with E-state index in [1.54, 1.807) is 0 Å². The zero-order chi connectivity index (χ0) is 28.4. The maximum atomic E-state index is 2.64. The third kappa shape index (κ3) is 16.7. The van der Waals surface area contributed by atoms with E-state index in [0.29, 0.717) is 6.17 Å². The Hall–Kier alpha value is -1.44. The molecule has 0 aliphatic carbocycles. The summed E-state index contributed by atoms with van der Waals surface area (Å²) in [5.41, 5.74) is 1.34. The molecule has 1 aliphatic heterocycles. The predicted molar refractivity (Wildman–Crippen MR) is 180 cm³/mol. The first-order valence-electron chi connectivity index (χ1n) is 18.1. The number of anilines is 1. The van der Waals surface area contributed by atoms with Crippen molar-refractivity contribution in [2.75, 3.05) is 11.4 Å². The lowest BCUT2D eigenvalue weighted by atomic mass is 10.0. The lowest BCUT2D eigenvalue weighted by Crippen LogP contribution is -2.39. The molecule has 0 radical (unpaired) electrons. The molecule has 0 saturated carbocycles. The molecule has 0 saturated heterocycles. The zero-order valence-corrected chi connectivity index (χ0v) is 27.1. The second-order valence-corrected chi connectivity index (χ2v) is 12.7. The highest BCUT2D eigenvalue weighted by atomic mass is 15.4. The van der Waals surface area contributed by atoms with Gasteiger partial charge in [0.2, 0.25) is 0 Å². The summed E-state index contributed by atoms with van der Waals surface area (Å²) in [4.78, 5) is 5.17. The molecule has 2 heteroatoms. The van der Waals surface area contributed by atoms with E-state index in [0.717, 1.165) is 0 Å². The van der Waals surface area contributed by atoms with Gasteiger partial charge in [0.25, 0.3) is 0 Å². The molecule has 0 aromatic heterocycles. The molecule has 40 heavy (non-hydrogen) atoms. The smallest absolute Gasteiger partial charge is 0.105 e. The first-order valence-corrected chi connectivity index (χ1v) is 18.1. The summed E-state index contributed by atoms with van der Waals surface area (Å²) < 4.78 is 0. The zero-order valence-electron chi connectivity index (χ0n) is 27.1. The molecule has 1 heterocycles. The van der Waals surface area contributed by atoms with Gasteiger partial charge >= 0.3 is 0 Å². The molecule has 0 spiro atoms. The van der Waals surface area contributed by atoms with Gasteiger partial charge in [-0.15, -0.1) is 0 Å². The van der Waals surface area contributed by atoms with E-state index >= 15 is 0 Å². The third-order valence-corrected chi connectivity index (χ3v) is 9.01. The van der Waals surface area contributed by atoms with Crippen molar-refractivity contribution in [1.82, 2.24) is 4.90 Å². The number of unbranched alkanes of at least 4 members (excludes halogenated alkanes) is 23. The van der Waals surface area contributed by atoms with E-state index in [1.165, 1.54) is 179 Å². The maximum absolute atomic E-state index is 2.64. The van der Waals surface area contributed by atoms with Crippen molar-refractivity contribution in [2.24, 2.45) is 0 Å². The molecule has 0 bridgehead atoms. The SMILES string of the molecule is CCCCCCCCCCCCCCCN1C=CN(c2ccccc2)C1CCCCCCCCCCCCCC. The Labute approximate surface area is 251 Å². The molecule has 1 atom stereocenters. The Morgan fingerprint density at radius 2 is 0.850 bits per heavy atom. The van der Waals surface area contributed by atoms with Crippen LogP contribution in [0.25, 0.3) is 0 Å². The van der Waals surface area contributed by atoms with Gasteiger partial charge in [-0.25, -0.2) is 0 Å². The normalized spacial score (nSPS) is 15.0. The van der Waals surface area contributed by atoms with Crippen LogP contribution in [0.4, 0.5) is 5.69 Å². The standard InChI is InChI=1S/C38H68N2/c1-3-5-7-9-11-13-15-17-19-21-23-25-30-34-39-35-36-40(37-31-27-26-28-32-37)38(39)33-29-24-22-20-18-16-14-12-10-8-6-4-2/h26-28,31-32,35-36,38H,3-25,29-30,33-34H2,1-2H3. The van der Waals surface area contributed by atoms with Crippen LogP contribution in [0.5, 0.6) is 0 Å². The fourth-order valence-electron chi connectivity index (χ4n) is 6.38. The second kappa shape index (κ2) is 25.3. The van der Waals surface area contributed by atoms with E-state index in [1.807, 2.05) is 0 Å². The molecule has 1 aromatic rings. The highest BCUT2D eigenvalue weighted by molar-refractivity contribution is 5.51. The molecule has 0 amide bonds. The minimum absolute atomic E-state index is 0.503. The Kier molecular flexibility index (Phi) is 22.0. The molecule has 0 fully saturated rings. The fraction of sp³-hybridized carbons (Fsp3) is 0.789. The summed E-state index contributed by atoms with van der Waals surface area (Å²) in [5.74, 6) is 0. The second-order valence-electron chi connectivity index (χ2n) is 12.7. The summed E-state index contributed by atoms with van der Waals surface area (Å²) in [6.45, 7) is 5.82. The number of rotatable bonds is 28. The quantitative estimate of drug-likeness (QED) is 0.0954. The summed E-state index contributed by atoms with van der Waals surface area (Å²) in [7, 11) is 0. The summed E-state index contributed by atoms with van der Waals surface area (Å²) in [6.07, 6.45) is 42.1. The summed E-state index contributed by atoms with van der Waals surface area (Å²) >= 11 is 0. The van der Waals surface area contributed by atoms with Gasteiger partial charge in [-0.1, -0.05) is 180 Å². The van der Waals surface area contributed by atoms with Crippen molar-refractivity contribution < 1.29 is 0 Å². The maximum Gasteiger partial charge on any atom is 0.105 e. The van der Waals surface area contributed by atoms with Crippen LogP contribution in [0.2, 0.25) is 0 Å². The van der Waals surface area contributed by atoms with Gasteiger partial charge in [0.05, 0.1) is 0 Å². The monoisotopic (exact) mass is 553 g/mol. The van der Waals surface area contributed by atoms with Crippen LogP contribution in [-0.2, 0) is 0 Å². The van der Waals surface area contributed by atoms with Crippen molar-refractivity contribution in [1.29, 1.82) is 0 Å². The molecule has 1 aromatic carbocycles. The van der Waals surface area contributed by atoms with Crippen molar-refractivity contribution in [2.45, 2.75) is 187 Å². The van der Waals surface area contributed by atoms with E-state index in [9.17, 15) is 0 Å². The average molecular weight is 553 g/mol. The molecular formula is C38H68N2. The molecule has 2 rings (SSSR count). The van der Waals surface area contributed by atoms with Gasteiger partial charge in [-0.3, -0.25) is 0 Å². The van der Waals surface area contributed by atoms with Crippen molar-refractivity contribution >= 4 is 5.69 Å². The molecule has 1 aliphatic rings. The first kappa shape index (κ1) is 34.8. The average Bonchev–Trinajstić information content (AvgIpc) is 3.39. The van der Waals surface area contributed by atoms with Gasteiger partial charge in [-0.05, 0) is 31.4 Å². The van der Waals surface area contributed by atoms with Crippen LogP contribution in [0.3, 0.4) is 0 Å². The predicted octanol–water partition coefficient (Wildman–Crippen LogP) is 12.8. The van der Waals surface area contributed by atoms with E-state index in [-0.39, 0.29) is 0 Å². The van der Waals surface area contributed by atoms with Crippen molar-refractivity contribution in [3.8, 4) is 0 Å². The summed E-state index contributed by atoms with van der Waals surface area (Å²) in [5, 5.41) is 0. The van der Waals surface area contributed by atoms with Crippen LogP contribution >= 0.6 is 0 Å². The van der Waals surface area contributed by atoms with Crippen LogP contribution in [0.15, 0.2) is 42.7 Å². The lowest BCUT2D eigenvalue weighted by molar-refractivity contribution is 0.273. The molecule has 2 nitrogen and oxygen atoms in total. The minimum Gasteiger partial charge on any atom is -0.356 e. The molecule has 1 unspecified atom stereocenters. The van der Waals surface area contributed by atoms with Gasteiger partial charge < -0.3 is 9.80 Å². The largest absolute Gasteiger partial charge is 0.356 e. The van der Waals surface area contributed by atoms with Crippen molar-refractivity contribution in [3.63, 3.8) is 0 Å². The third-order valence-electron chi connectivity index (χ3n) is 9.01. The van der Waals surface area contributed by atoms with E-state index < -0.39 is 0 Å². The minimum atomic E-state index is 0.503. The van der Waals surface area contributed by atoms with Crippen LogP contribution in [0.1, 0.15) is 181 Å². The van der Waals surface area contributed by atoms with Crippen molar-refractivity contribution in [3.05, 3.63) is 42.7 Å². The number of nitrogens with zero attached hydrogens (tertiary/aromatic N) is 2. The highest BCUT2D eigenvalue weighted by Crippen LogP contribution is 2.28. The fourth-order valence-corrected chi connectivity index (χ4v) is 6.38. The topological polar surface area (TPSA) is 6.48 Å². The number of hydrogen-bond donors (Lipinski definition) is 0. The number of hydrogen-bond acceptors (Lipinski definition) is 2. The lowest BCUT2D eigenvalue weighted by Gasteiger charge is -2.33. The van der Waals surface area contributed by atoms with E-state index in [2.05, 4.69) is 66.4 Å². The summed E-state index contributed by atoms with van der Waals surface area (Å²) in [6, 6.07) is 11.0. The van der Waals surface area contributed by atoms with Crippen LogP contribution in [-0.4, -0.2) is 17.6 Å². The Bertz CT molecular complexity index is 684. The van der Waals surface area contributed by atoms with Gasteiger partial charge in [0, 0.05) is 24.6 Å². The Morgan fingerprint density at radius 1 is 0.450 bits per heavy atom. The van der Waals surface area contributed by atoms with Crippen LogP contribution in [0, 0.1) is 0 Å². The number of benzene rings is 1. The molecule has 0 N–H and O–H groups in total. The van der Waals surface area contributed by atoms with Crippen LogP contribution < -0.4 is 4.90 Å². The van der Waals surface area contributed by atoms with Gasteiger partial charge in [-0.2, -0.15) is 0 Å². The highest BCUT2D eigenvalue weighted by Gasteiger charge is 2.26. The van der Waals surface area contributed by atoms with E-state index in [4.69, 9.17) is 0 Å². The molecule has 230 valence electrons. The molecular weight excluding hydrogens is 484 g/mol. The first-order chi connectivity index (χ1) is 19.9. The Balaban J connectivity index is 1.56. The van der Waals surface area contributed by atoms with Gasteiger partial charge in [0.1, 0.15) is 6.17 Å². The Morgan fingerprint density at radius 3 is 1.30 bits per heavy atom.